The van der Waals surface area contributed by atoms with E-state index in [9.17, 15) is 9.18 Å². The predicted molar refractivity (Wildman–Crippen MR) is 77.7 cm³/mol. The molecule has 2 heterocycles. The smallest absolute Gasteiger partial charge is 0.252 e. The van der Waals surface area contributed by atoms with E-state index in [0.717, 1.165) is 25.1 Å². The van der Waals surface area contributed by atoms with E-state index in [1.807, 2.05) is 6.92 Å². The maximum atomic E-state index is 13.4. The lowest BCUT2D eigenvalue weighted by Gasteiger charge is -2.12. The van der Waals surface area contributed by atoms with Gasteiger partial charge in [0.1, 0.15) is 5.82 Å². The molecular weight excluding hydrogens is 271 g/mol. The summed E-state index contributed by atoms with van der Waals surface area (Å²) in [5.41, 5.74) is 1.81. The molecule has 0 radical (unpaired) electrons. The van der Waals surface area contributed by atoms with E-state index < -0.39 is 0 Å². The number of carbonyl (C=O) groups is 1. The Hall–Kier alpha value is -2.01. The van der Waals surface area contributed by atoms with Gasteiger partial charge in [-0.15, -0.1) is 0 Å². The van der Waals surface area contributed by atoms with Crippen molar-refractivity contribution in [1.82, 2.24) is 10.3 Å². The van der Waals surface area contributed by atoms with Crippen LogP contribution in [0.3, 0.4) is 0 Å². The normalized spacial score (nSPS) is 18.1. The Morgan fingerprint density at radius 2 is 2.33 bits per heavy atom. The molecule has 4 nitrogen and oxygen atoms in total. The quantitative estimate of drug-likeness (QED) is 0.944. The number of aryl methyl sites for hydroxylation is 1. The molecule has 1 saturated heterocycles. The van der Waals surface area contributed by atoms with Crippen LogP contribution in [0, 0.1) is 12.7 Å². The molecule has 0 bridgehead atoms. The predicted octanol–water partition coefficient (Wildman–Crippen LogP) is 2.59. The number of hydrogen-bond acceptors (Lipinski definition) is 3. The van der Waals surface area contributed by atoms with Crippen molar-refractivity contribution in [2.45, 2.75) is 25.9 Å². The van der Waals surface area contributed by atoms with Crippen LogP contribution < -0.4 is 5.32 Å². The molecule has 1 aliphatic heterocycles. The first-order chi connectivity index (χ1) is 10.1. The van der Waals surface area contributed by atoms with E-state index >= 15 is 0 Å². The Morgan fingerprint density at radius 1 is 1.48 bits per heavy atom. The Kier molecular flexibility index (Phi) is 3.84. The first-order valence-electron chi connectivity index (χ1n) is 7.10. The third-order valence-corrected chi connectivity index (χ3v) is 3.66. The standard InChI is InChI=1S/C16H17FN2O2/c1-10-7-14(13-8-11(17)4-5-15(13)19-10)16(20)18-9-12-3-2-6-21-12/h4-5,7-8,12H,2-3,6,9H2,1H3,(H,18,20)/t12-/m0/s1. The van der Waals surface area contributed by atoms with Gasteiger partial charge in [-0.1, -0.05) is 0 Å². The molecule has 1 amide bonds. The number of ether oxygens (including phenoxy) is 1. The summed E-state index contributed by atoms with van der Waals surface area (Å²) in [5.74, 6) is -0.590. The highest BCUT2D eigenvalue weighted by Crippen LogP contribution is 2.20. The fourth-order valence-corrected chi connectivity index (χ4v) is 2.63. The van der Waals surface area contributed by atoms with Crippen LogP contribution in [0.15, 0.2) is 24.3 Å². The van der Waals surface area contributed by atoms with E-state index in [1.165, 1.54) is 12.1 Å². The number of fused-ring (bicyclic) bond motifs is 1. The minimum atomic E-state index is -0.374. The largest absolute Gasteiger partial charge is 0.376 e. The van der Waals surface area contributed by atoms with Crippen molar-refractivity contribution in [3.05, 3.63) is 41.3 Å². The fourth-order valence-electron chi connectivity index (χ4n) is 2.63. The minimum absolute atomic E-state index is 0.0832. The Morgan fingerprint density at radius 3 is 3.10 bits per heavy atom. The lowest BCUT2D eigenvalue weighted by atomic mass is 10.1. The lowest BCUT2D eigenvalue weighted by molar-refractivity contribution is 0.0859. The van der Waals surface area contributed by atoms with E-state index in [1.54, 1.807) is 12.1 Å². The fraction of sp³-hybridized carbons (Fsp3) is 0.375. The number of nitrogens with one attached hydrogen (secondary N) is 1. The molecular formula is C16H17FN2O2. The van der Waals surface area contributed by atoms with Gasteiger partial charge in [0.25, 0.3) is 5.91 Å². The number of amides is 1. The zero-order chi connectivity index (χ0) is 14.8. The summed E-state index contributed by atoms with van der Waals surface area (Å²) in [5, 5.41) is 3.40. The summed E-state index contributed by atoms with van der Waals surface area (Å²) in [4.78, 5) is 16.7. The molecule has 0 saturated carbocycles. The minimum Gasteiger partial charge on any atom is -0.376 e. The Balaban J connectivity index is 1.87. The van der Waals surface area contributed by atoms with Gasteiger partial charge in [0.05, 0.1) is 17.2 Å². The van der Waals surface area contributed by atoms with Crippen LogP contribution in [-0.2, 0) is 4.74 Å². The zero-order valence-corrected chi connectivity index (χ0v) is 11.9. The van der Waals surface area contributed by atoms with Gasteiger partial charge in [0, 0.05) is 24.2 Å². The summed E-state index contributed by atoms with van der Waals surface area (Å²) >= 11 is 0. The number of halogens is 1. The van der Waals surface area contributed by atoms with E-state index in [-0.39, 0.29) is 17.8 Å². The van der Waals surface area contributed by atoms with Crippen molar-refractivity contribution < 1.29 is 13.9 Å². The van der Waals surface area contributed by atoms with Crippen molar-refractivity contribution in [2.75, 3.05) is 13.2 Å². The van der Waals surface area contributed by atoms with Gasteiger partial charge in [-0.3, -0.25) is 9.78 Å². The molecule has 1 N–H and O–H groups in total. The first kappa shape index (κ1) is 13.9. The summed E-state index contributed by atoms with van der Waals surface area (Å²) in [6.45, 7) is 3.06. The molecule has 2 aromatic rings. The number of benzene rings is 1. The highest BCUT2D eigenvalue weighted by atomic mass is 19.1. The first-order valence-corrected chi connectivity index (χ1v) is 7.10. The molecule has 0 aliphatic carbocycles. The lowest BCUT2D eigenvalue weighted by Crippen LogP contribution is -2.32. The van der Waals surface area contributed by atoms with Crippen molar-refractivity contribution in [3.8, 4) is 0 Å². The number of pyridine rings is 1. The van der Waals surface area contributed by atoms with Crippen LogP contribution in [0.1, 0.15) is 28.9 Å². The van der Waals surface area contributed by atoms with E-state index in [4.69, 9.17) is 4.74 Å². The maximum absolute atomic E-state index is 13.4. The molecule has 1 aliphatic rings. The molecule has 1 fully saturated rings. The molecule has 21 heavy (non-hydrogen) atoms. The zero-order valence-electron chi connectivity index (χ0n) is 11.9. The molecule has 1 atom stereocenters. The molecule has 110 valence electrons. The molecule has 1 aromatic heterocycles. The molecule has 3 rings (SSSR count). The van der Waals surface area contributed by atoms with Gasteiger partial charge in [0.15, 0.2) is 0 Å². The monoisotopic (exact) mass is 288 g/mol. The van der Waals surface area contributed by atoms with Gasteiger partial charge >= 0.3 is 0 Å². The van der Waals surface area contributed by atoms with Crippen LogP contribution in [0.25, 0.3) is 10.9 Å². The second-order valence-corrected chi connectivity index (χ2v) is 5.32. The van der Waals surface area contributed by atoms with Gasteiger partial charge in [-0.2, -0.15) is 0 Å². The average molecular weight is 288 g/mol. The third-order valence-electron chi connectivity index (χ3n) is 3.66. The highest BCUT2D eigenvalue weighted by molar-refractivity contribution is 6.06. The number of hydrogen-bond donors (Lipinski definition) is 1. The summed E-state index contributed by atoms with van der Waals surface area (Å²) in [6.07, 6.45) is 2.08. The van der Waals surface area contributed by atoms with Crippen LogP contribution in [0.2, 0.25) is 0 Å². The van der Waals surface area contributed by atoms with Crippen molar-refractivity contribution >= 4 is 16.8 Å². The van der Waals surface area contributed by atoms with Crippen molar-refractivity contribution in [1.29, 1.82) is 0 Å². The second-order valence-electron chi connectivity index (χ2n) is 5.32. The third kappa shape index (κ3) is 3.03. The Bertz CT molecular complexity index is 681. The highest BCUT2D eigenvalue weighted by Gasteiger charge is 2.18. The van der Waals surface area contributed by atoms with E-state index in [0.29, 0.717) is 23.0 Å². The van der Waals surface area contributed by atoms with Gasteiger partial charge in [0.2, 0.25) is 0 Å². The number of rotatable bonds is 3. The van der Waals surface area contributed by atoms with Crippen LogP contribution >= 0.6 is 0 Å². The number of aromatic nitrogens is 1. The molecule has 0 spiro atoms. The van der Waals surface area contributed by atoms with Gasteiger partial charge < -0.3 is 10.1 Å². The molecule has 1 aromatic carbocycles. The summed E-state index contributed by atoms with van der Waals surface area (Å²) in [7, 11) is 0. The van der Waals surface area contributed by atoms with Crippen molar-refractivity contribution in [3.63, 3.8) is 0 Å². The van der Waals surface area contributed by atoms with Crippen molar-refractivity contribution in [2.24, 2.45) is 0 Å². The van der Waals surface area contributed by atoms with E-state index in [2.05, 4.69) is 10.3 Å². The molecule has 5 heteroatoms. The average Bonchev–Trinajstić information content (AvgIpc) is 2.97. The van der Waals surface area contributed by atoms with Crippen LogP contribution in [0.5, 0.6) is 0 Å². The Labute approximate surface area is 122 Å². The van der Waals surface area contributed by atoms with Gasteiger partial charge in [-0.05, 0) is 44.0 Å². The van der Waals surface area contributed by atoms with Crippen LogP contribution in [0.4, 0.5) is 4.39 Å². The number of carbonyl (C=O) groups excluding carboxylic acids is 1. The maximum Gasteiger partial charge on any atom is 0.252 e. The summed E-state index contributed by atoms with van der Waals surface area (Å²) < 4.78 is 18.9. The van der Waals surface area contributed by atoms with Gasteiger partial charge in [-0.25, -0.2) is 4.39 Å². The van der Waals surface area contributed by atoms with Crippen LogP contribution in [-0.4, -0.2) is 30.1 Å². The SMILES string of the molecule is Cc1cc(C(=O)NC[C@@H]2CCCO2)c2cc(F)ccc2n1. The number of nitrogens with zero attached hydrogens (tertiary/aromatic N) is 1. The summed E-state index contributed by atoms with van der Waals surface area (Å²) in [6, 6.07) is 5.98. The second kappa shape index (κ2) is 5.77. The molecule has 0 unspecified atom stereocenters. The topological polar surface area (TPSA) is 51.2 Å².